The molecule has 0 amide bonds. The van der Waals surface area contributed by atoms with Crippen LogP contribution in [-0.4, -0.2) is 34.7 Å². The van der Waals surface area contributed by atoms with Crippen LogP contribution in [-0.2, 0) is 27.2 Å². The quantitative estimate of drug-likeness (QED) is 0.451. The summed E-state index contributed by atoms with van der Waals surface area (Å²) in [6, 6.07) is 16.6. The Morgan fingerprint density at radius 2 is 1.72 bits per heavy atom. The van der Waals surface area contributed by atoms with Crippen molar-refractivity contribution in [2.45, 2.75) is 58.5 Å². The fraction of sp³-hybridized carbons (Fsp3) is 0.435. The number of hydrogen-bond acceptors (Lipinski definition) is 4. The van der Waals surface area contributed by atoms with Gasteiger partial charge in [0.15, 0.2) is 0 Å². The molecule has 0 saturated carbocycles. The summed E-state index contributed by atoms with van der Waals surface area (Å²) in [7, 11) is -0.348. The van der Waals surface area contributed by atoms with E-state index in [0.717, 1.165) is 29.3 Å². The van der Waals surface area contributed by atoms with Gasteiger partial charge in [0, 0.05) is 18.5 Å². The highest BCUT2D eigenvalue weighted by atomic mass is 16.7. The monoisotopic (exact) mass is 392 g/mol. The van der Waals surface area contributed by atoms with Gasteiger partial charge in [0.05, 0.1) is 29.5 Å². The van der Waals surface area contributed by atoms with E-state index in [9.17, 15) is 0 Å². The number of fused-ring (bicyclic) bond motifs is 1. The van der Waals surface area contributed by atoms with Gasteiger partial charge in [-0.3, -0.25) is 4.68 Å². The summed E-state index contributed by atoms with van der Waals surface area (Å²) < 4.78 is 20.2. The molecule has 0 spiro atoms. The van der Waals surface area contributed by atoms with E-state index in [1.54, 1.807) is 0 Å². The number of hydrogen-bond donors (Lipinski definition) is 0. The first-order valence-corrected chi connectivity index (χ1v) is 10.3. The number of aromatic nitrogens is 2. The standard InChI is InChI=1S/C23H29BN2O3/c1-22(2)23(3,4)29-24(28-22)20-11-12-21-19(15-20)16-25-26(21)13-8-14-27-17-18-9-6-5-7-10-18/h5-7,9-12,15-16H,8,13-14,17H2,1-4H3. The minimum Gasteiger partial charge on any atom is -0.399 e. The Bertz CT molecular complexity index is 953. The Labute approximate surface area is 173 Å². The third kappa shape index (κ3) is 4.25. The van der Waals surface area contributed by atoms with E-state index < -0.39 is 0 Å². The van der Waals surface area contributed by atoms with Gasteiger partial charge in [0.1, 0.15) is 0 Å². The SMILES string of the molecule is CC1(C)OB(c2ccc3c(cnn3CCCOCc3ccccc3)c2)OC1(C)C. The van der Waals surface area contributed by atoms with Crippen molar-refractivity contribution in [1.29, 1.82) is 0 Å². The van der Waals surface area contributed by atoms with Crippen molar-refractivity contribution in [2.24, 2.45) is 0 Å². The first-order valence-electron chi connectivity index (χ1n) is 10.3. The molecule has 5 nitrogen and oxygen atoms in total. The van der Waals surface area contributed by atoms with E-state index in [1.807, 2.05) is 29.1 Å². The molecule has 1 saturated heterocycles. The van der Waals surface area contributed by atoms with E-state index in [2.05, 4.69) is 63.1 Å². The van der Waals surface area contributed by atoms with Crippen molar-refractivity contribution < 1.29 is 14.0 Å². The second-order valence-corrected chi connectivity index (χ2v) is 8.67. The molecular formula is C23H29BN2O3. The van der Waals surface area contributed by atoms with Crippen LogP contribution in [0.2, 0.25) is 0 Å². The first kappa shape index (κ1) is 20.1. The van der Waals surface area contributed by atoms with Crippen LogP contribution in [0.5, 0.6) is 0 Å². The lowest BCUT2D eigenvalue weighted by Crippen LogP contribution is -2.41. The summed E-state index contributed by atoms with van der Waals surface area (Å²) in [6.07, 6.45) is 2.83. The molecule has 4 rings (SSSR count). The molecule has 1 aliphatic rings. The van der Waals surface area contributed by atoms with Crippen LogP contribution in [0.25, 0.3) is 10.9 Å². The molecule has 0 unspecified atom stereocenters. The van der Waals surface area contributed by atoms with Crippen molar-refractivity contribution in [3.05, 3.63) is 60.3 Å². The number of aryl methyl sites for hydroxylation is 1. The van der Waals surface area contributed by atoms with Gasteiger partial charge in [0.25, 0.3) is 0 Å². The summed E-state index contributed by atoms with van der Waals surface area (Å²) in [5.74, 6) is 0. The number of rotatable bonds is 7. The molecule has 29 heavy (non-hydrogen) atoms. The molecule has 152 valence electrons. The van der Waals surface area contributed by atoms with Gasteiger partial charge < -0.3 is 14.0 Å². The molecular weight excluding hydrogens is 363 g/mol. The molecule has 0 N–H and O–H groups in total. The van der Waals surface area contributed by atoms with E-state index in [1.165, 1.54) is 5.56 Å². The Morgan fingerprint density at radius 3 is 2.45 bits per heavy atom. The fourth-order valence-electron chi connectivity index (χ4n) is 3.49. The molecule has 0 radical (unpaired) electrons. The van der Waals surface area contributed by atoms with E-state index in [0.29, 0.717) is 13.2 Å². The molecule has 0 bridgehead atoms. The molecule has 2 heterocycles. The Hall–Kier alpha value is -2.15. The van der Waals surface area contributed by atoms with Crippen LogP contribution in [0.1, 0.15) is 39.7 Å². The Balaban J connectivity index is 1.35. The Morgan fingerprint density at radius 1 is 1.00 bits per heavy atom. The van der Waals surface area contributed by atoms with Crippen LogP contribution in [0.15, 0.2) is 54.7 Å². The lowest BCUT2D eigenvalue weighted by molar-refractivity contribution is 0.00578. The number of benzene rings is 2. The predicted octanol–water partition coefficient (Wildman–Crippen LogP) is 3.94. The largest absolute Gasteiger partial charge is 0.494 e. The zero-order valence-electron chi connectivity index (χ0n) is 17.7. The maximum atomic E-state index is 6.17. The average molecular weight is 392 g/mol. The molecule has 1 fully saturated rings. The van der Waals surface area contributed by atoms with E-state index in [-0.39, 0.29) is 18.3 Å². The van der Waals surface area contributed by atoms with Crippen LogP contribution in [0.4, 0.5) is 0 Å². The van der Waals surface area contributed by atoms with Crippen molar-refractivity contribution in [3.63, 3.8) is 0 Å². The minimum absolute atomic E-state index is 0.337. The maximum Gasteiger partial charge on any atom is 0.494 e. The van der Waals surface area contributed by atoms with Crippen LogP contribution < -0.4 is 5.46 Å². The van der Waals surface area contributed by atoms with Crippen molar-refractivity contribution in [1.82, 2.24) is 9.78 Å². The minimum atomic E-state index is -0.348. The van der Waals surface area contributed by atoms with Crippen LogP contribution in [0.3, 0.4) is 0 Å². The molecule has 2 aromatic carbocycles. The highest BCUT2D eigenvalue weighted by Gasteiger charge is 2.51. The summed E-state index contributed by atoms with van der Waals surface area (Å²) >= 11 is 0. The maximum absolute atomic E-state index is 6.17. The summed E-state index contributed by atoms with van der Waals surface area (Å²) in [5.41, 5.74) is 2.68. The molecule has 0 aliphatic carbocycles. The second kappa shape index (κ2) is 7.94. The predicted molar refractivity (Wildman–Crippen MR) is 116 cm³/mol. The second-order valence-electron chi connectivity index (χ2n) is 8.67. The van der Waals surface area contributed by atoms with Crippen molar-refractivity contribution in [2.75, 3.05) is 6.61 Å². The lowest BCUT2D eigenvalue weighted by Gasteiger charge is -2.32. The van der Waals surface area contributed by atoms with Gasteiger partial charge in [-0.2, -0.15) is 5.10 Å². The molecule has 1 aromatic heterocycles. The zero-order valence-corrected chi connectivity index (χ0v) is 17.7. The first-order chi connectivity index (χ1) is 13.9. The number of ether oxygens (including phenoxy) is 1. The van der Waals surface area contributed by atoms with Crippen molar-refractivity contribution >= 4 is 23.5 Å². The van der Waals surface area contributed by atoms with E-state index in [4.69, 9.17) is 14.0 Å². The lowest BCUT2D eigenvalue weighted by atomic mass is 9.79. The van der Waals surface area contributed by atoms with Gasteiger partial charge in [-0.05, 0) is 51.2 Å². The van der Waals surface area contributed by atoms with Crippen LogP contribution >= 0.6 is 0 Å². The Kier molecular flexibility index (Phi) is 5.51. The highest BCUT2D eigenvalue weighted by Crippen LogP contribution is 2.36. The smallest absolute Gasteiger partial charge is 0.399 e. The molecule has 0 atom stereocenters. The van der Waals surface area contributed by atoms with Gasteiger partial charge in [0.2, 0.25) is 0 Å². The molecule has 3 aromatic rings. The molecule has 6 heteroatoms. The highest BCUT2D eigenvalue weighted by molar-refractivity contribution is 6.62. The van der Waals surface area contributed by atoms with Crippen molar-refractivity contribution in [3.8, 4) is 0 Å². The van der Waals surface area contributed by atoms with Crippen LogP contribution in [0, 0.1) is 0 Å². The molecule has 1 aliphatic heterocycles. The summed E-state index contributed by atoms with van der Waals surface area (Å²) in [5, 5.41) is 5.65. The average Bonchev–Trinajstić information content (AvgIpc) is 3.19. The van der Waals surface area contributed by atoms with Gasteiger partial charge >= 0.3 is 7.12 Å². The zero-order chi connectivity index (χ0) is 20.5. The van der Waals surface area contributed by atoms with Gasteiger partial charge in [-0.1, -0.05) is 42.5 Å². The number of nitrogens with zero attached hydrogens (tertiary/aromatic N) is 2. The van der Waals surface area contributed by atoms with Gasteiger partial charge in [-0.25, -0.2) is 0 Å². The third-order valence-corrected chi connectivity index (χ3v) is 5.96. The fourth-order valence-corrected chi connectivity index (χ4v) is 3.49. The third-order valence-electron chi connectivity index (χ3n) is 5.96. The summed E-state index contributed by atoms with van der Waals surface area (Å²) in [6.45, 7) is 10.5. The summed E-state index contributed by atoms with van der Waals surface area (Å²) in [4.78, 5) is 0. The van der Waals surface area contributed by atoms with E-state index >= 15 is 0 Å². The topological polar surface area (TPSA) is 45.5 Å². The normalized spacial score (nSPS) is 17.9. The van der Waals surface area contributed by atoms with Gasteiger partial charge in [-0.15, -0.1) is 0 Å².